The Morgan fingerprint density at radius 3 is 2.90 bits per heavy atom. The Labute approximate surface area is 124 Å². The summed E-state index contributed by atoms with van der Waals surface area (Å²) in [5.41, 5.74) is 1.92. The molecule has 2 rings (SSSR count). The fourth-order valence-electron chi connectivity index (χ4n) is 2.05. The highest BCUT2D eigenvalue weighted by atomic mass is 16.5. The third-order valence-corrected chi connectivity index (χ3v) is 3.34. The van der Waals surface area contributed by atoms with Gasteiger partial charge in [-0.1, -0.05) is 17.9 Å². The molecule has 0 aromatic heterocycles. The summed E-state index contributed by atoms with van der Waals surface area (Å²) in [5, 5.41) is 14.3. The lowest BCUT2D eigenvalue weighted by Crippen LogP contribution is -2.21. The number of nitrogens with one attached hydrogen (secondary N) is 2. The molecule has 21 heavy (non-hydrogen) atoms. The van der Waals surface area contributed by atoms with Crippen molar-refractivity contribution in [2.45, 2.75) is 31.8 Å². The molecule has 1 aromatic rings. The minimum absolute atomic E-state index is 0.0958. The van der Waals surface area contributed by atoms with Gasteiger partial charge in [-0.3, -0.25) is 0 Å². The van der Waals surface area contributed by atoms with E-state index in [0.717, 1.165) is 11.1 Å². The highest BCUT2D eigenvalue weighted by Crippen LogP contribution is 2.26. The standard InChI is InChI=1S/C16H20N2O3/c1-11(18-14-6-7-14)12-5-8-15(21-2)13(10-12)4-3-9-17-16(19)20/h5,8,10-11,14,17-18H,6-7,9H2,1-2H3,(H,19,20). The van der Waals surface area contributed by atoms with Gasteiger partial charge in [0, 0.05) is 12.1 Å². The number of hydrogen-bond acceptors (Lipinski definition) is 3. The second-order valence-electron chi connectivity index (χ2n) is 5.08. The molecule has 0 heterocycles. The van der Waals surface area contributed by atoms with Crippen molar-refractivity contribution in [2.24, 2.45) is 0 Å². The zero-order chi connectivity index (χ0) is 15.2. The molecule has 0 radical (unpaired) electrons. The second kappa shape index (κ2) is 7.00. The van der Waals surface area contributed by atoms with Gasteiger partial charge in [-0.15, -0.1) is 0 Å². The fourth-order valence-corrected chi connectivity index (χ4v) is 2.05. The Morgan fingerprint density at radius 2 is 2.29 bits per heavy atom. The van der Waals surface area contributed by atoms with Crippen molar-refractivity contribution in [1.29, 1.82) is 0 Å². The van der Waals surface area contributed by atoms with Crippen LogP contribution in [0.15, 0.2) is 18.2 Å². The van der Waals surface area contributed by atoms with E-state index in [0.29, 0.717) is 11.8 Å². The quantitative estimate of drug-likeness (QED) is 0.726. The summed E-state index contributed by atoms with van der Waals surface area (Å²) in [6.07, 6.45) is 1.41. The lowest BCUT2D eigenvalue weighted by Gasteiger charge is -2.15. The molecule has 1 fully saturated rings. The Hall–Kier alpha value is -2.19. The maximum absolute atomic E-state index is 10.4. The molecular weight excluding hydrogens is 268 g/mol. The van der Waals surface area contributed by atoms with Crippen molar-refractivity contribution in [2.75, 3.05) is 13.7 Å². The van der Waals surface area contributed by atoms with Gasteiger partial charge in [0.15, 0.2) is 0 Å². The van der Waals surface area contributed by atoms with Crippen LogP contribution >= 0.6 is 0 Å². The van der Waals surface area contributed by atoms with E-state index in [1.54, 1.807) is 7.11 Å². The molecule has 0 spiro atoms. The number of hydrogen-bond donors (Lipinski definition) is 3. The van der Waals surface area contributed by atoms with Gasteiger partial charge in [0.05, 0.1) is 19.2 Å². The minimum Gasteiger partial charge on any atom is -0.495 e. The number of methoxy groups -OCH3 is 1. The molecule has 5 heteroatoms. The second-order valence-corrected chi connectivity index (χ2v) is 5.08. The number of carbonyl (C=O) groups is 1. The number of benzene rings is 1. The highest BCUT2D eigenvalue weighted by molar-refractivity contribution is 5.64. The monoisotopic (exact) mass is 288 g/mol. The number of rotatable bonds is 5. The topological polar surface area (TPSA) is 70.6 Å². The lowest BCUT2D eigenvalue weighted by atomic mass is 10.0. The summed E-state index contributed by atoms with van der Waals surface area (Å²) in [4.78, 5) is 10.4. The maximum atomic E-state index is 10.4. The third-order valence-electron chi connectivity index (χ3n) is 3.34. The highest BCUT2D eigenvalue weighted by Gasteiger charge is 2.23. The average molecular weight is 288 g/mol. The first-order valence-electron chi connectivity index (χ1n) is 7.00. The van der Waals surface area contributed by atoms with Crippen LogP contribution in [0, 0.1) is 11.8 Å². The smallest absolute Gasteiger partial charge is 0.405 e. The van der Waals surface area contributed by atoms with Gasteiger partial charge < -0.3 is 20.5 Å². The first-order chi connectivity index (χ1) is 10.1. The van der Waals surface area contributed by atoms with Crippen LogP contribution < -0.4 is 15.4 Å². The predicted molar refractivity (Wildman–Crippen MR) is 80.5 cm³/mol. The van der Waals surface area contributed by atoms with Crippen molar-refractivity contribution >= 4 is 6.09 Å². The molecule has 1 atom stereocenters. The molecule has 0 bridgehead atoms. The summed E-state index contributed by atoms with van der Waals surface area (Å²) < 4.78 is 5.29. The molecule has 0 aliphatic heterocycles. The molecule has 3 N–H and O–H groups in total. The van der Waals surface area contributed by atoms with Gasteiger partial charge in [-0.25, -0.2) is 4.79 Å². The van der Waals surface area contributed by atoms with Gasteiger partial charge in [0.1, 0.15) is 5.75 Å². The first-order valence-corrected chi connectivity index (χ1v) is 7.00. The Kier molecular flexibility index (Phi) is 5.07. The van der Waals surface area contributed by atoms with Crippen LogP contribution in [-0.4, -0.2) is 30.9 Å². The van der Waals surface area contributed by atoms with E-state index < -0.39 is 6.09 Å². The van der Waals surface area contributed by atoms with E-state index in [4.69, 9.17) is 9.84 Å². The van der Waals surface area contributed by atoms with E-state index in [2.05, 4.69) is 29.4 Å². The van der Waals surface area contributed by atoms with Crippen molar-refractivity contribution in [3.05, 3.63) is 29.3 Å². The van der Waals surface area contributed by atoms with Gasteiger partial charge in [0.2, 0.25) is 0 Å². The molecule has 1 amide bonds. The van der Waals surface area contributed by atoms with Crippen LogP contribution in [0.5, 0.6) is 5.75 Å². The molecule has 1 aromatic carbocycles. The SMILES string of the molecule is COc1ccc(C(C)NC2CC2)cc1C#CCNC(=O)O. The van der Waals surface area contributed by atoms with Gasteiger partial charge in [0.25, 0.3) is 0 Å². The van der Waals surface area contributed by atoms with Gasteiger partial charge in [-0.05, 0) is 37.5 Å². The predicted octanol–water partition coefficient (Wildman–Crippen LogP) is 2.13. The zero-order valence-corrected chi connectivity index (χ0v) is 12.3. The number of carboxylic acid groups (broad SMARTS) is 1. The van der Waals surface area contributed by atoms with E-state index in [-0.39, 0.29) is 12.6 Å². The van der Waals surface area contributed by atoms with E-state index in [9.17, 15) is 4.79 Å². The molecule has 5 nitrogen and oxygen atoms in total. The van der Waals surface area contributed by atoms with Crippen molar-refractivity contribution in [3.63, 3.8) is 0 Å². The lowest BCUT2D eigenvalue weighted by molar-refractivity contribution is 0.196. The summed E-state index contributed by atoms with van der Waals surface area (Å²) in [7, 11) is 1.60. The summed E-state index contributed by atoms with van der Waals surface area (Å²) in [6.45, 7) is 2.22. The fraction of sp³-hybridized carbons (Fsp3) is 0.438. The Bertz CT molecular complexity index is 571. The maximum Gasteiger partial charge on any atom is 0.405 e. The third kappa shape index (κ3) is 4.69. The molecule has 1 saturated carbocycles. The van der Waals surface area contributed by atoms with Crippen LogP contribution in [0.3, 0.4) is 0 Å². The largest absolute Gasteiger partial charge is 0.495 e. The molecule has 0 saturated heterocycles. The summed E-state index contributed by atoms with van der Waals surface area (Å²) in [5.74, 6) is 6.43. The normalized spacial score (nSPS) is 14.8. The number of ether oxygens (including phenoxy) is 1. The van der Waals surface area contributed by atoms with E-state index >= 15 is 0 Å². The first kappa shape index (κ1) is 15.2. The van der Waals surface area contributed by atoms with E-state index in [1.807, 2.05) is 18.2 Å². The molecule has 1 aliphatic rings. The van der Waals surface area contributed by atoms with Crippen LogP contribution in [0.2, 0.25) is 0 Å². The molecule has 112 valence electrons. The van der Waals surface area contributed by atoms with Crippen LogP contribution in [0.25, 0.3) is 0 Å². The summed E-state index contributed by atoms with van der Waals surface area (Å²) >= 11 is 0. The molecule has 1 aliphatic carbocycles. The zero-order valence-electron chi connectivity index (χ0n) is 12.3. The minimum atomic E-state index is -1.08. The van der Waals surface area contributed by atoms with Gasteiger partial charge in [-0.2, -0.15) is 0 Å². The summed E-state index contributed by atoms with van der Waals surface area (Å²) in [6, 6.07) is 6.82. The molecule has 1 unspecified atom stereocenters. The van der Waals surface area contributed by atoms with Crippen LogP contribution in [-0.2, 0) is 0 Å². The Balaban J connectivity index is 2.10. The van der Waals surface area contributed by atoms with E-state index in [1.165, 1.54) is 12.8 Å². The van der Waals surface area contributed by atoms with Gasteiger partial charge >= 0.3 is 6.09 Å². The molecular formula is C16H20N2O3. The average Bonchev–Trinajstić information content (AvgIpc) is 3.27. The van der Waals surface area contributed by atoms with Crippen LogP contribution in [0.1, 0.15) is 36.9 Å². The van der Waals surface area contributed by atoms with Crippen LogP contribution in [0.4, 0.5) is 4.79 Å². The number of amides is 1. The van der Waals surface area contributed by atoms with Crippen molar-refractivity contribution in [1.82, 2.24) is 10.6 Å². The van der Waals surface area contributed by atoms with Crippen molar-refractivity contribution in [3.8, 4) is 17.6 Å². The van der Waals surface area contributed by atoms with Crippen molar-refractivity contribution < 1.29 is 14.6 Å². The Morgan fingerprint density at radius 1 is 1.52 bits per heavy atom.